The zero-order valence-electron chi connectivity index (χ0n) is 7.00. The van der Waals surface area contributed by atoms with Crippen LogP contribution in [0.5, 0.6) is 0 Å². The Morgan fingerprint density at radius 1 is 1.08 bits per heavy atom. The summed E-state index contributed by atoms with van der Waals surface area (Å²) in [6.45, 7) is 0.0748. The number of fused-ring (bicyclic) bond motifs is 1. The van der Waals surface area contributed by atoms with Crippen molar-refractivity contribution >= 4 is 26.7 Å². The van der Waals surface area contributed by atoms with Crippen molar-refractivity contribution in [1.29, 1.82) is 0 Å². The molecule has 0 aliphatic carbocycles. The summed E-state index contributed by atoms with van der Waals surface area (Å²) in [5.41, 5.74) is 0.929. The fraction of sp³-hybridized carbons (Fsp3) is 0.0909. The Morgan fingerprint density at radius 2 is 1.85 bits per heavy atom. The summed E-state index contributed by atoms with van der Waals surface area (Å²) in [6.07, 6.45) is 0. The van der Waals surface area contributed by atoms with Crippen molar-refractivity contribution < 1.29 is 5.11 Å². The Kier molecular flexibility index (Phi) is 2.34. The Morgan fingerprint density at radius 3 is 2.62 bits per heavy atom. The highest BCUT2D eigenvalue weighted by molar-refractivity contribution is 9.10. The zero-order chi connectivity index (χ0) is 9.26. The lowest BCUT2D eigenvalue weighted by Gasteiger charge is -2.04. The molecule has 2 heteroatoms. The molecule has 13 heavy (non-hydrogen) atoms. The number of halogens is 1. The van der Waals surface area contributed by atoms with E-state index in [2.05, 4.69) is 22.0 Å². The Bertz CT molecular complexity index is 437. The minimum absolute atomic E-state index is 0.0748. The zero-order valence-corrected chi connectivity index (χ0v) is 8.58. The fourth-order valence-corrected chi connectivity index (χ4v) is 2.02. The minimum atomic E-state index is 0.0748. The van der Waals surface area contributed by atoms with E-state index in [1.165, 1.54) is 5.39 Å². The van der Waals surface area contributed by atoms with Crippen LogP contribution in [0.25, 0.3) is 10.8 Å². The van der Waals surface area contributed by atoms with Crippen LogP contribution in [-0.2, 0) is 6.61 Å². The number of aliphatic hydroxyl groups excluding tert-OH is 1. The first-order chi connectivity index (χ1) is 6.33. The van der Waals surface area contributed by atoms with Crippen molar-refractivity contribution in [2.45, 2.75) is 6.61 Å². The van der Waals surface area contributed by atoms with Crippen molar-refractivity contribution in [2.24, 2.45) is 0 Å². The number of hydrogen-bond acceptors (Lipinski definition) is 1. The third-order valence-electron chi connectivity index (χ3n) is 2.11. The second kappa shape index (κ2) is 3.48. The molecule has 66 valence electrons. The highest BCUT2D eigenvalue weighted by atomic mass is 79.9. The lowest BCUT2D eigenvalue weighted by molar-refractivity contribution is 0.281. The minimum Gasteiger partial charge on any atom is -0.392 e. The summed E-state index contributed by atoms with van der Waals surface area (Å²) in [6, 6.07) is 12.1. The average Bonchev–Trinajstić information content (AvgIpc) is 2.19. The first-order valence-corrected chi connectivity index (χ1v) is 4.89. The van der Waals surface area contributed by atoms with Crippen molar-refractivity contribution in [1.82, 2.24) is 0 Å². The molecule has 0 spiro atoms. The summed E-state index contributed by atoms with van der Waals surface area (Å²) < 4.78 is 0.994. The van der Waals surface area contributed by atoms with Gasteiger partial charge in [0.05, 0.1) is 6.61 Å². The van der Waals surface area contributed by atoms with Gasteiger partial charge in [0.15, 0.2) is 0 Å². The lowest BCUT2D eigenvalue weighted by Crippen LogP contribution is -1.85. The average molecular weight is 237 g/mol. The molecule has 2 aromatic carbocycles. The second-order valence-electron chi connectivity index (χ2n) is 2.92. The Hall–Kier alpha value is -0.860. The van der Waals surface area contributed by atoms with Gasteiger partial charge in [-0.05, 0) is 32.3 Å². The van der Waals surface area contributed by atoms with E-state index < -0.39 is 0 Å². The van der Waals surface area contributed by atoms with Gasteiger partial charge in [-0.2, -0.15) is 0 Å². The molecule has 0 aromatic heterocycles. The van der Waals surface area contributed by atoms with Crippen LogP contribution in [0, 0.1) is 0 Å². The predicted octanol–water partition coefficient (Wildman–Crippen LogP) is 3.09. The van der Waals surface area contributed by atoms with Gasteiger partial charge in [-0.1, -0.05) is 36.4 Å². The van der Waals surface area contributed by atoms with Gasteiger partial charge < -0.3 is 5.11 Å². The largest absolute Gasteiger partial charge is 0.392 e. The van der Waals surface area contributed by atoms with Gasteiger partial charge in [0.1, 0.15) is 0 Å². The van der Waals surface area contributed by atoms with Crippen LogP contribution in [0.15, 0.2) is 40.9 Å². The van der Waals surface area contributed by atoms with Crippen LogP contribution in [0.2, 0.25) is 0 Å². The number of aliphatic hydroxyl groups is 1. The Balaban J connectivity index is 2.79. The van der Waals surface area contributed by atoms with Crippen LogP contribution >= 0.6 is 15.9 Å². The maximum absolute atomic E-state index is 9.05. The molecule has 0 aliphatic rings. The first-order valence-electron chi connectivity index (χ1n) is 4.10. The molecule has 1 nitrogen and oxygen atoms in total. The van der Waals surface area contributed by atoms with Crippen LogP contribution < -0.4 is 0 Å². The van der Waals surface area contributed by atoms with Crippen molar-refractivity contribution in [3.63, 3.8) is 0 Å². The van der Waals surface area contributed by atoms with Crippen LogP contribution in [0.3, 0.4) is 0 Å². The fourth-order valence-electron chi connectivity index (χ4n) is 1.40. The second-order valence-corrected chi connectivity index (χ2v) is 3.71. The quantitative estimate of drug-likeness (QED) is 0.807. The molecular formula is C11H9BrO. The van der Waals surface area contributed by atoms with Gasteiger partial charge in [-0.3, -0.25) is 0 Å². The maximum atomic E-state index is 9.05. The summed E-state index contributed by atoms with van der Waals surface area (Å²) in [7, 11) is 0. The monoisotopic (exact) mass is 236 g/mol. The SMILES string of the molecule is OCc1ccc2ccccc2c1Br. The molecule has 0 heterocycles. The number of benzene rings is 2. The molecule has 0 saturated heterocycles. The maximum Gasteiger partial charge on any atom is 0.0693 e. The van der Waals surface area contributed by atoms with Gasteiger partial charge in [0, 0.05) is 4.47 Å². The summed E-state index contributed by atoms with van der Waals surface area (Å²) in [5, 5.41) is 11.4. The van der Waals surface area contributed by atoms with Gasteiger partial charge in [-0.15, -0.1) is 0 Å². The molecule has 0 radical (unpaired) electrons. The van der Waals surface area contributed by atoms with Gasteiger partial charge in [0.2, 0.25) is 0 Å². The van der Waals surface area contributed by atoms with Gasteiger partial charge >= 0.3 is 0 Å². The van der Waals surface area contributed by atoms with Gasteiger partial charge in [-0.25, -0.2) is 0 Å². The smallest absolute Gasteiger partial charge is 0.0693 e. The number of rotatable bonds is 1. The van der Waals surface area contributed by atoms with Gasteiger partial charge in [0.25, 0.3) is 0 Å². The van der Waals surface area contributed by atoms with E-state index in [0.717, 1.165) is 15.4 Å². The first kappa shape index (κ1) is 8.73. The molecule has 2 aromatic rings. The topological polar surface area (TPSA) is 20.2 Å². The molecule has 1 N–H and O–H groups in total. The molecule has 0 fully saturated rings. The predicted molar refractivity (Wildman–Crippen MR) is 57.6 cm³/mol. The van der Waals surface area contributed by atoms with E-state index in [9.17, 15) is 0 Å². The van der Waals surface area contributed by atoms with E-state index in [1.807, 2.05) is 30.3 Å². The standard InChI is InChI=1S/C11H9BrO/c12-11-9(7-13)6-5-8-3-1-2-4-10(8)11/h1-6,13H,7H2. The van der Waals surface area contributed by atoms with E-state index in [0.29, 0.717) is 0 Å². The molecule has 0 aliphatic heterocycles. The van der Waals surface area contributed by atoms with Crippen molar-refractivity contribution in [2.75, 3.05) is 0 Å². The van der Waals surface area contributed by atoms with E-state index in [1.54, 1.807) is 0 Å². The van der Waals surface area contributed by atoms with Crippen LogP contribution in [0.4, 0.5) is 0 Å². The molecule has 0 saturated carbocycles. The van der Waals surface area contributed by atoms with Crippen LogP contribution in [0.1, 0.15) is 5.56 Å². The molecule has 2 rings (SSSR count). The molecule has 0 unspecified atom stereocenters. The van der Waals surface area contributed by atoms with Crippen molar-refractivity contribution in [3.05, 3.63) is 46.4 Å². The highest BCUT2D eigenvalue weighted by Gasteiger charge is 2.02. The summed E-state index contributed by atoms with van der Waals surface area (Å²) in [4.78, 5) is 0. The van der Waals surface area contributed by atoms with E-state index in [4.69, 9.17) is 5.11 Å². The molecule has 0 amide bonds. The van der Waals surface area contributed by atoms with Crippen molar-refractivity contribution in [3.8, 4) is 0 Å². The molecule has 0 atom stereocenters. The highest BCUT2D eigenvalue weighted by Crippen LogP contribution is 2.27. The van der Waals surface area contributed by atoms with E-state index >= 15 is 0 Å². The van der Waals surface area contributed by atoms with E-state index in [-0.39, 0.29) is 6.61 Å². The third kappa shape index (κ3) is 1.47. The summed E-state index contributed by atoms with van der Waals surface area (Å²) >= 11 is 3.48. The summed E-state index contributed by atoms with van der Waals surface area (Å²) in [5.74, 6) is 0. The normalized spacial score (nSPS) is 10.6. The van der Waals surface area contributed by atoms with Crippen LogP contribution in [-0.4, -0.2) is 5.11 Å². The molecule has 0 bridgehead atoms. The molecular weight excluding hydrogens is 228 g/mol. The lowest BCUT2D eigenvalue weighted by atomic mass is 10.1. The number of hydrogen-bond donors (Lipinski definition) is 1. The Labute approximate surface area is 85.1 Å². The third-order valence-corrected chi connectivity index (χ3v) is 3.05.